The topological polar surface area (TPSA) is 66.8 Å². The summed E-state index contributed by atoms with van der Waals surface area (Å²) in [4.78, 5) is 12.5. The third-order valence-electron chi connectivity index (χ3n) is 3.93. The second-order valence-electron chi connectivity index (χ2n) is 6.51. The zero-order valence-electron chi connectivity index (χ0n) is 13.7. The van der Waals surface area contributed by atoms with Crippen LogP contribution < -0.4 is 4.74 Å². The van der Waals surface area contributed by atoms with Gasteiger partial charge < -0.3 is 14.9 Å². The Kier molecular flexibility index (Phi) is 4.16. The van der Waals surface area contributed by atoms with Gasteiger partial charge in [-0.05, 0) is 37.6 Å². The number of benzene rings is 2. The van der Waals surface area contributed by atoms with Crippen molar-refractivity contribution in [3.05, 3.63) is 65.2 Å². The molecule has 1 atom stereocenters. The lowest BCUT2D eigenvalue weighted by Gasteiger charge is -2.27. The van der Waals surface area contributed by atoms with Crippen molar-refractivity contribution in [2.24, 2.45) is 0 Å². The standard InChI is InChI=1S/C20H20O4/c1-20(2,23)11-10-15-16(21)9-8-14-17(22)12-18(24-19(14)15)13-6-4-3-5-7-13/h3-11,18,21,23H,12H2,1-2H3. The molecule has 4 nitrogen and oxygen atoms in total. The molecular formula is C20H20O4. The Morgan fingerprint density at radius 2 is 1.88 bits per heavy atom. The van der Waals surface area contributed by atoms with Crippen LogP contribution in [0.1, 0.15) is 47.9 Å². The molecule has 0 spiro atoms. The maximum absolute atomic E-state index is 12.5. The first kappa shape index (κ1) is 16.3. The van der Waals surface area contributed by atoms with Gasteiger partial charge >= 0.3 is 0 Å². The van der Waals surface area contributed by atoms with E-state index >= 15 is 0 Å². The number of ether oxygens (including phenoxy) is 1. The predicted octanol–water partition coefficient (Wildman–Crippen LogP) is 3.88. The van der Waals surface area contributed by atoms with Crippen molar-refractivity contribution in [2.75, 3.05) is 0 Å². The highest BCUT2D eigenvalue weighted by molar-refractivity contribution is 6.01. The maximum atomic E-state index is 12.5. The zero-order valence-corrected chi connectivity index (χ0v) is 13.7. The van der Waals surface area contributed by atoms with Crippen molar-refractivity contribution in [1.29, 1.82) is 0 Å². The van der Waals surface area contributed by atoms with Gasteiger partial charge in [-0.1, -0.05) is 36.4 Å². The van der Waals surface area contributed by atoms with Crippen LogP contribution in [0.2, 0.25) is 0 Å². The summed E-state index contributed by atoms with van der Waals surface area (Å²) >= 11 is 0. The molecular weight excluding hydrogens is 304 g/mol. The fourth-order valence-electron chi connectivity index (χ4n) is 2.70. The molecule has 2 aromatic rings. The van der Waals surface area contributed by atoms with E-state index in [0.29, 0.717) is 16.9 Å². The van der Waals surface area contributed by atoms with Gasteiger partial charge in [-0.25, -0.2) is 0 Å². The zero-order chi connectivity index (χ0) is 17.3. The molecule has 0 bridgehead atoms. The fourth-order valence-corrected chi connectivity index (χ4v) is 2.70. The molecule has 0 radical (unpaired) electrons. The summed E-state index contributed by atoms with van der Waals surface area (Å²) in [6.45, 7) is 3.27. The van der Waals surface area contributed by atoms with Gasteiger partial charge in [0.2, 0.25) is 0 Å². The van der Waals surface area contributed by atoms with Crippen LogP contribution in [-0.4, -0.2) is 21.6 Å². The van der Waals surface area contributed by atoms with Gasteiger partial charge in [-0.2, -0.15) is 0 Å². The molecule has 1 unspecified atom stereocenters. The summed E-state index contributed by atoms with van der Waals surface area (Å²) in [7, 11) is 0. The number of carbonyl (C=O) groups is 1. The van der Waals surface area contributed by atoms with E-state index in [1.54, 1.807) is 32.1 Å². The quantitative estimate of drug-likeness (QED) is 0.899. The number of Topliss-reactive ketones (excluding diaryl/α,β-unsaturated/α-hetero) is 1. The highest BCUT2D eigenvalue weighted by Gasteiger charge is 2.30. The molecule has 1 heterocycles. The second-order valence-corrected chi connectivity index (χ2v) is 6.51. The molecule has 124 valence electrons. The van der Waals surface area contributed by atoms with E-state index in [1.165, 1.54) is 6.07 Å². The molecule has 0 saturated carbocycles. The number of aliphatic hydroxyl groups is 1. The van der Waals surface area contributed by atoms with Crippen molar-refractivity contribution in [3.63, 3.8) is 0 Å². The van der Waals surface area contributed by atoms with E-state index in [-0.39, 0.29) is 24.1 Å². The van der Waals surface area contributed by atoms with E-state index in [1.807, 2.05) is 30.3 Å². The van der Waals surface area contributed by atoms with Crippen LogP contribution in [0.4, 0.5) is 0 Å². The van der Waals surface area contributed by atoms with Crippen LogP contribution in [0.15, 0.2) is 48.5 Å². The summed E-state index contributed by atoms with van der Waals surface area (Å²) < 4.78 is 6.05. The molecule has 1 aliphatic rings. The SMILES string of the molecule is CC(C)(O)C=Cc1c(O)ccc2c1OC(c1ccccc1)CC2=O. The number of carbonyl (C=O) groups excluding carboxylic acids is 1. The number of aromatic hydroxyl groups is 1. The molecule has 1 aliphatic heterocycles. The lowest BCUT2D eigenvalue weighted by molar-refractivity contribution is 0.0849. The number of phenols is 1. The smallest absolute Gasteiger partial charge is 0.170 e. The highest BCUT2D eigenvalue weighted by Crippen LogP contribution is 2.41. The Hall–Kier alpha value is -2.59. The molecule has 24 heavy (non-hydrogen) atoms. The van der Waals surface area contributed by atoms with Gasteiger partial charge in [0.15, 0.2) is 5.78 Å². The third kappa shape index (κ3) is 3.34. The fraction of sp³-hybridized carbons (Fsp3) is 0.250. The Bertz CT molecular complexity index is 785. The van der Waals surface area contributed by atoms with Crippen molar-refractivity contribution in [1.82, 2.24) is 0 Å². The van der Waals surface area contributed by atoms with Crippen molar-refractivity contribution < 1.29 is 19.7 Å². The van der Waals surface area contributed by atoms with Gasteiger partial charge in [-0.3, -0.25) is 4.79 Å². The van der Waals surface area contributed by atoms with Crippen molar-refractivity contribution in [2.45, 2.75) is 32.0 Å². The lowest BCUT2D eigenvalue weighted by atomic mass is 9.93. The largest absolute Gasteiger partial charge is 0.507 e. The minimum atomic E-state index is -1.04. The summed E-state index contributed by atoms with van der Waals surface area (Å²) in [6, 6.07) is 12.6. The number of hydrogen-bond acceptors (Lipinski definition) is 4. The molecule has 4 heteroatoms. The van der Waals surface area contributed by atoms with Crippen LogP contribution in [0.3, 0.4) is 0 Å². The molecule has 0 amide bonds. The van der Waals surface area contributed by atoms with Crippen LogP contribution >= 0.6 is 0 Å². The highest BCUT2D eigenvalue weighted by atomic mass is 16.5. The summed E-state index contributed by atoms with van der Waals surface area (Å²) in [5.41, 5.74) is 0.739. The Morgan fingerprint density at radius 3 is 2.54 bits per heavy atom. The van der Waals surface area contributed by atoms with Gasteiger partial charge in [0.1, 0.15) is 17.6 Å². The van der Waals surface area contributed by atoms with E-state index < -0.39 is 5.60 Å². The van der Waals surface area contributed by atoms with E-state index in [2.05, 4.69) is 0 Å². The average Bonchev–Trinajstić information content (AvgIpc) is 2.53. The van der Waals surface area contributed by atoms with E-state index in [9.17, 15) is 15.0 Å². The Morgan fingerprint density at radius 1 is 1.17 bits per heavy atom. The van der Waals surface area contributed by atoms with Crippen LogP contribution in [0.5, 0.6) is 11.5 Å². The maximum Gasteiger partial charge on any atom is 0.170 e. The van der Waals surface area contributed by atoms with Gasteiger partial charge in [0, 0.05) is 0 Å². The predicted molar refractivity (Wildman–Crippen MR) is 92.2 cm³/mol. The number of fused-ring (bicyclic) bond motifs is 1. The lowest BCUT2D eigenvalue weighted by Crippen LogP contribution is -2.21. The molecule has 0 aromatic heterocycles. The van der Waals surface area contributed by atoms with E-state index in [0.717, 1.165) is 5.56 Å². The third-order valence-corrected chi connectivity index (χ3v) is 3.93. The molecule has 0 aliphatic carbocycles. The van der Waals surface area contributed by atoms with Gasteiger partial charge in [0.05, 0.1) is 23.1 Å². The molecule has 0 saturated heterocycles. The van der Waals surface area contributed by atoms with Crippen LogP contribution in [0, 0.1) is 0 Å². The van der Waals surface area contributed by atoms with Crippen molar-refractivity contribution >= 4 is 11.9 Å². The molecule has 0 fully saturated rings. The average molecular weight is 324 g/mol. The minimum absolute atomic E-state index is 0.00996. The number of rotatable bonds is 3. The molecule has 3 rings (SSSR count). The molecule has 2 N–H and O–H groups in total. The Balaban J connectivity index is 2.05. The number of hydrogen-bond donors (Lipinski definition) is 2. The van der Waals surface area contributed by atoms with Crippen LogP contribution in [-0.2, 0) is 0 Å². The normalized spacial score (nSPS) is 17.6. The van der Waals surface area contributed by atoms with Gasteiger partial charge in [-0.15, -0.1) is 0 Å². The number of phenolic OH excluding ortho intramolecular Hbond substituents is 1. The first-order valence-corrected chi connectivity index (χ1v) is 7.87. The molecule has 2 aromatic carbocycles. The first-order valence-electron chi connectivity index (χ1n) is 7.87. The van der Waals surface area contributed by atoms with Crippen LogP contribution in [0.25, 0.3) is 6.08 Å². The Labute approximate surface area is 141 Å². The number of ketones is 1. The monoisotopic (exact) mass is 324 g/mol. The summed E-state index contributed by atoms with van der Waals surface area (Å²) in [6.07, 6.45) is 3.02. The van der Waals surface area contributed by atoms with Crippen molar-refractivity contribution in [3.8, 4) is 11.5 Å². The summed E-state index contributed by atoms with van der Waals surface area (Å²) in [5.74, 6) is 0.347. The first-order chi connectivity index (χ1) is 11.3. The minimum Gasteiger partial charge on any atom is -0.507 e. The second kappa shape index (κ2) is 6.13. The summed E-state index contributed by atoms with van der Waals surface area (Å²) in [5, 5.41) is 20.1. The van der Waals surface area contributed by atoms with Gasteiger partial charge in [0.25, 0.3) is 0 Å². The van der Waals surface area contributed by atoms with E-state index in [4.69, 9.17) is 4.74 Å².